The van der Waals surface area contributed by atoms with Crippen LogP contribution in [0, 0.1) is 51.2 Å². The van der Waals surface area contributed by atoms with Gasteiger partial charge in [-0.15, -0.1) is 0 Å². The third-order valence-electron chi connectivity index (χ3n) is 16.8. The van der Waals surface area contributed by atoms with Crippen LogP contribution < -0.4 is 0 Å². The van der Waals surface area contributed by atoms with E-state index < -0.39 is 0 Å². The summed E-state index contributed by atoms with van der Waals surface area (Å²) in [7, 11) is 0. The first-order valence-electron chi connectivity index (χ1n) is 26.9. The Morgan fingerprint density at radius 3 is 1.03 bits per heavy atom. The van der Waals surface area contributed by atoms with E-state index in [1.807, 2.05) is 13.8 Å². The van der Waals surface area contributed by atoms with Gasteiger partial charge in [0.05, 0.1) is 0 Å². The Morgan fingerprint density at radius 1 is 0.339 bits per heavy atom. The number of hydrogen-bond donors (Lipinski definition) is 0. The lowest BCUT2D eigenvalue weighted by Crippen LogP contribution is -2.54. The summed E-state index contributed by atoms with van der Waals surface area (Å²) >= 11 is 0. The van der Waals surface area contributed by atoms with E-state index >= 15 is 0 Å². The molecule has 5 saturated heterocycles. The van der Waals surface area contributed by atoms with Crippen LogP contribution in [0.15, 0.2) is 0 Å². The van der Waals surface area contributed by atoms with Crippen molar-refractivity contribution in [3.63, 3.8) is 0 Å². The SMILES string of the molecule is CC.CC(C)(C)C1CC2CC1CN2C(C)(C)C.CC(C)(C)C1CC2CCC(C1)N2C(C)(C)C.CC(C)(C)C1CCCN(C(C)(C)C)CC1.CC(C)(C)C1CCN(C(C)(C)C)CC1. The van der Waals surface area contributed by atoms with Crippen LogP contribution in [0.5, 0.6) is 0 Å². The predicted octanol–water partition coefficient (Wildman–Crippen LogP) is 16.1. The molecule has 5 aliphatic heterocycles. The van der Waals surface area contributed by atoms with Gasteiger partial charge in [0.1, 0.15) is 0 Å². The Morgan fingerprint density at radius 2 is 0.726 bits per heavy atom. The molecule has 6 rings (SSSR count). The largest absolute Gasteiger partial charge is 0.298 e. The van der Waals surface area contributed by atoms with Gasteiger partial charge in [0, 0.05) is 46.8 Å². The van der Waals surface area contributed by atoms with Crippen molar-refractivity contribution >= 4 is 0 Å². The molecule has 0 spiro atoms. The molecule has 370 valence electrons. The van der Waals surface area contributed by atoms with Gasteiger partial charge in [-0.25, -0.2) is 0 Å². The lowest BCUT2D eigenvalue weighted by atomic mass is 9.72. The van der Waals surface area contributed by atoms with Crippen molar-refractivity contribution in [2.24, 2.45) is 51.2 Å². The van der Waals surface area contributed by atoms with Crippen molar-refractivity contribution in [1.82, 2.24) is 19.6 Å². The van der Waals surface area contributed by atoms with Gasteiger partial charge in [-0.05, 0) is 231 Å². The maximum absolute atomic E-state index is 2.81. The van der Waals surface area contributed by atoms with Gasteiger partial charge in [0.15, 0.2) is 0 Å². The first kappa shape index (κ1) is 58.0. The molecule has 4 heteroatoms. The first-order chi connectivity index (χ1) is 27.8. The molecular formula is C58H118N4. The fourth-order valence-corrected chi connectivity index (χ4v) is 12.9. The number of likely N-dealkylation sites (tertiary alicyclic amines) is 3. The molecule has 62 heavy (non-hydrogen) atoms. The van der Waals surface area contributed by atoms with Crippen LogP contribution in [0.3, 0.4) is 0 Å². The minimum absolute atomic E-state index is 0.354. The molecule has 0 aromatic carbocycles. The highest BCUT2D eigenvalue weighted by molar-refractivity contribution is 5.04. The summed E-state index contributed by atoms with van der Waals surface area (Å²) in [6.07, 6.45) is 15.5. The van der Waals surface area contributed by atoms with Crippen LogP contribution in [0.1, 0.15) is 251 Å². The van der Waals surface area contributed by atoms with E-state index in [-0.39, 0.29) is 0 Å². The monoisotopic (exact) mass is 871 g/mol. The van der Waals surface area contributed by atoms with Gasteiger partial charge in [-0.3, -0.25) is 19.6 Å². The average molecular weight is 872 g/mol. The molecule has 6 fully saturated rings. The van der Waals surface area contributed by atoms with Crippen molar-refractivity contribution in [3.8, 4) is 0 Å². The van der Waals surface area contributed by atoms with Gasteiger partial charge in [-0.2, -0.15) is 0 Å². The van der Waals surface area contributed by atoms with Crippen molar-refractivity contribution in [1.29, 1.82) is 0 Å². The van der Waals surface area contributed by atoms with Gasteiger partial charge in [0.25, 0.3) is 0 Å². The van der Waals surface area contributed by atoms with E-state index in [0.29, 0.717) is 43.8 Å². The third kappa shape index (κ3) is 17.2. The molecule has 5 heterocycles. The molecular weight excluding hydrogens is 753 g/mol. The summed E-state index contributed by atoms with van der Waals surface area (Å²) in [5.74, 6) is 4.69. The molecule has 0 aromatic rings. The highest BCUT2D eigenvalue weighted by Crippen LogP contribution is 2.52. The second kappa shape index (κ2) is 21.9. The summed E-state index contributed by atoms with van der Waals surface area (Å²) in [5, 5.41) is 0. The fourth-order valence-electron chi connectivity index (χ4n) is 12.9. The molecule has 0 amide bonds. The molecule has 6 unspecified atom stereocenters. The van der Waals surface area contributed by atoms with Gasteiger partial charge in [-0.1, -0.05) is 96.9 Å². The van der Waals surface area contributed by atoms with Gasteiger partial charge < -0.3 is 0 Å². The molecule has 1 saturated carbocycles. The van der Waals surface area contributed by atoms with Crippen molar-refractivity contribution < 1.29 is 0 Å². The zero-order valence-electron chi connectivity index (χ0n) is 47.7. The van der Waals surface area contributed by atoms with E-state index in [9.17, 15) is 0 Å². The molecule has 6 atom stereocenters. The lowest BCUT2D eigenvalue weighted by molar-refractivity contribution is -0.00409. The Kier molecular flexibility index (Phi) is 20.4. The number of nitrogens with zero attached hydrogens (tertiary/aromatic N) is 4. The molecule has 1 aliphatic carbocycles. The van der Waals surface area contributed by atoms with Crippen LogP contribution in [-0.2, 0) is 0 Å². The summed E-state index contributed by atoms with van der Waals surface area (Å²) < 4.78 is 0. The predicted molar refractivity (Wildman–Crippen MR) is 279 cm³/mol. The quantitative estimate of drug-likeness (QED) is 0.240. The van der Waals surface area contributed by atoms with E-state index in [1.165, 1.54) is 103 Å². The Hall–Kier alpha value is -0.160. The first-order valence-corrected chi connectivity index (χ1v) is 26.9. The van der Waals surface area contributed by atoms with Crippen molar-refractivity contribution in [3.05, 3.63) is 0 Å². The number of rotatable bonds is 0. The number of fused-ring (bicyclic) bond motifs is 4. The molecule has 0 radical (unpaired) electrons. The normalized spacial score (nSPS) is 30.2. The summed E-state index contributed by atoms with van der Waals surface area (Å²) in [6, 6.07) is 2.60. The Labute approximate surface area is 393 Å². The fraction of sp³-hybridized carbons (Fsp3) is 1.00. The Balaban J connectivity index is 0.000000281. The van der Waals surface area contributed by atoms with E-state index in [2.05, 4.69) is 186 Å². The van der Waals surface area contributed by atoms with Crippen LogP contribution >= 0.6 is 0 Å². The van der Waals surface area contributed by atoms with E-state index in [0.717, 1.165) is 47.7 Å². The number of hydrogen-bond acceptors (Lipinski definition) is 4. The molecule has 0 aromatic heterocycles. The van der Waals surface area contributed by atoms with Crippen LogP contribution in [0.2, 0.25) is 0 Å². The average Bonchev–Trinajstić information content (AvgIpc) is 3.72. The number of piperidine rings is 3. The maximum Gasteiger partial charge on any atom is 0.0130 e. The maximum atomic E-state index is 2.81. The second-order valence-electron chi connectivity index (χ2n) is 29.6. The Bertz CT molecular complexity index is 1180. The topological polar surface area (TPSA) is 13.0 Å². The van der Waals surface area contributed by atoms with Crippen LogP contribution in [0.25, 0.3) is 0 Å². The zero-order valence-corrected chi connectivity index (χ0v) is 47.7. The van der Waals surface area contributed by atoms with Crippen LogP contribution in [-0.4, -0.2) is 92.6 Å². The summed E-state index contributed by atoms with van der Waals surface area (Å²) in [4.78, 5) is 10.8. The molecule has 4 bridgehead atoms. The van der Waals surface area contributed by atoms with Crippen LogP contribution in [0.4, 0.5) is 0 Å². The minimum atomic E-state index is 0.354. The van der Waals surface area contributed by atoms with Gasteiger partial charge in [0.2, 0.25) is 0 Å². The molecule has 0 N–H and O–H groups in total. The summed E-state index contributed by atoms with van der Waals surface area (Å²) in [5.41, 5.74) is 3.48. The zero-order chi connectivity index (χ0) is 48.2. The second-order valence-corrected chi connectivity index (χ2v) is 29.6. The lowest BCUT2D eigenvalue weighted by Gasteiger charge is -2.49. The van der Waals surface area contributed by atoms with Crippen molar-refractivity contribution in [2.45, 2.75) is 291 Å². The highest BCUT2D eigenvalue weighted by atomic mass is 15.3. The molecule has 6 aliphatic rings. The standard InChI is InChI=1S/C15H29N.C14H27N.C14H29N.C13H27N.C2H6/c1-14(2,3)11-9-12-7-8-13(10-11)16(12)15(4,5)6;1-13(2,3)12-8-11-7-10(12)9-15(11)14(4,5)6;1-13(2,3)12-8-7-10-15(11-9-12)14(4,5)6;1-12(2,3)11-7-9-14(10-8-11)13(4,5)6;1-2/h11-13H,7-10H2,1-6H3;10-12H,7-9H2,1-6H3;12H,7-11H2,1-6H3;11H,7-10H2,1-6H3;1-2H3. The van der Waals surface area contributed by atoms with E-state index in [4.69, 9.17) is 0 Å². The van der Waals surface area contributed by atoms with E-state index in [1.54, 1.807) is 0 Å². The smallest absolute Gasteiger partial charge is 0.0130 e. The minimum Gasteiger partial charge on any atom is -0.298 e. The molecule has 4 nitrogen and oxygen atoms in total. The highest BCUT2D eigenvalue weighted by Gasteiger charge is 2.51. The summed E-state index contributed by atoms with van der Waals surface area (Å²) in [6.45, 7) is 67.5. The van der Waals surface area contributed by atoms with Gasteiger partial charge >= 0.3 is 0 Å². The van der Waals surface area contributed by atoms with Crippen molar-refractivity contribution in [2.75, 3.05) is 32.7 Å². The third-order valence-corrected chi connectivity index (χ3v) is 16.8.